The number of carbonyl (C=O) groups excluding carboxylic acids is 1. The van der Waals surface area contributed by atoms with Crippen LogP contribution in [0.1, 0.15) is 24.6 Å². The average molecular weight is 268 g/mol. The minimum absolute atomic E-state index is 0.0633. The molecule has 1 unspecified atom stereocenters. The molecule has 1 atom stereocenters. The summed E-state index contributed by atoms with van der Waals surface area (Å²) in [5, 5.41) is 2.03. The Morgan fingerprint density at radius 2 is 2.41 bits per heavy atom. The third-order valence-electron chi connectivity index (χ3n) is 2.97. The molecule has 1 amide bonds. The highest BCUT2D eigenvalue weighted by atomic mass is 32.1. The zero-order valence-electron chi connectivity index (χ0n) is 9.76. The number of nitrogens with zero attached hydrogens (tertiary/aromatic N) is 1. The first-order valence-corrected chi connectivity index (χ1v) is 7.00. The maximum atomic E-state index is 12.3. The van der Waals surface area contributed by atoms with Gasteiger partial charge in [-0.3, -0.25) is 4.79 Å². The molecule has 1 aromatic rings. The van der Waals surface area contributed by atoms with Crippen LogP contribution < -0.4 is 5.73 Å². The number of amides is 1. The van der Waals surface area contributed by atoms with E-state index >= 15 is 0 Å². The summed E-state index contributed by atoms with van der Waals surface area (Å²) in [6, 6.07) is 4.45. The Kier molecular flexibility index (Phi) is 3.79. The fourth-order valence-corrected chi connectivity index (χ4v) is 2.52. The van der Waals surface area contributed by atoms with E-state index in [2.05, 4.69) is 6.07 Å². The SMILES string of the molecule is CC(C(=O)N(Cc1cccs1)C1CC1)C(N)=S. The van der Waals surface area contributed by atoms with Gasteiger partial charge in [0.05, 0.1) is 17.5 Å². The molecule has 0 spiro atoms. The minimum atomic E-state index is -0.356. The van der Waals surface area contributed by atoms with Crippen LogP contribution in [0.4, 0.5) is 0 Å². The molecular formula is C12H16N2OS2. The van der Waals surface area contributed by atoms with Crippen molar-refractivity contribution in [1.82, 2.24) is 4.90 Å². The van der Waals surface area contributed by atoms with Gasteiger partial charge in [0.1, 0.15) is 0 Å². The second-order valence-corrected chi connectivity index (χ2v) is 5.90. The third kappa shape index (κ3) is 3.04. The van der Waals surface area contributed by atoms with E-state index in [1.165, 1.54) is 4.88 Å². The number of rotatable bonds is 5. The zero-order valence-corrected chi connectivity index (χ0v) is 11.4. The molecule has 1 saturated carbocycles. The Labute approximate surface area is 111 Å². The van der Waals surface area contributed by atoms with Gasteiger partial charge in [-0.15, -0.1) is 11.3 Å². The molecule has 3 nitrogen and oxygen atoms in total. The largest absolute Gasteiger partial charge is 0.393 e. The van der Waals surface area contributed by atoms with Crippen molar-refractivity contribution in [3.8, 4) is 0 Å². The Hall–Kier alpha value is -0.940. The summed E-state index contributed by atoms with van der Waals surface area (Å²) in [6.07, 6.45) is 2.20. The summed E-state index contributed by atoms with van der Waals surface area (Å²) < 4.78 is 0. The molecule has 0 aliphatic heterocycles. The van der Waals surface area contributed by atoms with Gasteiger partial charge in [0.25, 0.3) is 0 Å². The number of thiocarbonyl (C=S) groups is 1. The van der Waals surface area contributed by atoms with Crippen molar-refractivity contribution < 1.29 is 4.79 Å². The normalized spacial score (nSPS) is 16.5. The summed E-state index contributed by atoms with van der Waals surface area (Å²) in [5.41, 5.74) is 5.56. The number of thiophene rings is 1. The van der Waals surface area contributed by atoms with Gasteiger partial charge in [-0.1, -0.05) is 18.3 Å². The molecule has 0 radical (unpaired) electrons. The van der Waals surface area contributed by atoms with E-state index in [1.807, 2.05) is 16.3 Å². The Morgan fingerprint density at radius 3 is 2.88 bits per heavy atom. The van der Waals surface area contributed by atoms with Crippen LogP contribution in [0.5, 0.6) is 0 Å². The highest BCUT2D eigenvalue weighted by Crippen LogP contribution is 2.30. The standard InChI is InChI=1S/C12H16N2OS2/c1-8(11(13)16)12(15)14(9-4-5-9)7-10-3-2-6-17-10/h2-3,6,8-9H,4-5,7H2,1H3,(H2,13,16). The first-order chi connectivity index (χ1) is 8.09. The van der Waals surface area contributed by atoms with Crippen LogP contribution in [0.25, 0.3) is 0 Å². The Morgan fingerprint density at radius 1 is 1.71 bits per heavy atom. The molecular weight excluding hydrogens is 252 g/mol. The van der Waals surface area contributed by atoms with Crippen LogP contribution in [0.15, 0.2) is 17.5 Å². The number of hydrogen-bond acceptors (Lipinski definition) is 3. The number of nitrogens with two attached hydrogens (primary N) is 1. The molecule has 1 aliphatic rings. The van der Waals surface area contributed by atoms with Crippen LogP contribution in [0.2, 0.25) is 0 Å². The van der Waals surface area contributed by atoms with Crippen LogP contribution in [-0.2, 0) is 11.3 Å². The first kappa shape index (κ1) is 12.5. The molecule has 1 heterocycles. The topological polar surface area (TPSA) is 46.3 Å². The quantitative estimate of drug-likeness (QED) is 0.832. The van der Waals surface area contributed by atoms with Crippen molar-refractivity contribution in [2.75, 3.05) is 0 Å². The second kappa shape index (κ2) is 5.14. The van der Waals surface area contributed by atoms with E-state index in [9.17, 15) is 4.79 Å². The van der Waals surface area contributed by atoms with E-state index in [1.54, 1.807) is 18.3 Å². The lowest BCUT2D eigenvalue weighted by molar-refractivity contribution is -0.134. The van der Waals surface area contributed by atoms with Crippen molar-refractivity contribution in [2.24, 2.45) is 11.7 Å². The van der Waals surface area contributed by atoms with Crippen molar-refractivity contribution in [2.45, 2.75) is 32.4 Å². The van der Waals surface area contributed by atoms with Crippen molar-refractivity contribution in [1.29, 1.82) is 0 Å². The van der Waals surface area contributed by atoms with E-state index < -0.39 is 0 Å². The third-order valence-corrected chi connectivity index (χ3v) is 4.19. The fraction of sp³-hybridized carbons (Fsp3) is 0.500. The molecule has 2 N–H and O–H groups in total. The van der Waals surface area contributed by atoms with Gasteiger partial charge < -0.3 is 10.6 Å². The van der Waals surface area contributed by atoms with Gasteiger partial charge in [-0.05, 0) is 31.2 Å². The van der Waals surface area contributed by atoms with Gasteiger partial charge in [0.2, 0.25) is 5.91 Å². The lowest BCUT2D eigenvalue weighted by Crippen LogP contribution is -2.40. The zero-order chi connectivity index (χ0) is 12.4. The van der Waals surface area contributed by atoms with Gasteiger partial charge in [-0.2, -0.15) is 0 Å². The Balaban J connectivity index is 2.07. The molecule has 1 aliphatic carbocycles. The van der Waals surface area contributed by atoms with Crippen LogP contribution in [0, 0.1) is 5.92 Å². The van der Waals surface area contributed by atoms with E-state index in [-0.39, 0.29) is 16.8 Å². The lowest BCUT2D eigenvalue weighted by atomic mass is 10.1. The molecule has 1 fully saturated rings. The lowest BCUT2D eigenvalue weighted by Gasteiger charge is -2.24. The predicted molar refractivity (Wildman–Crippen MR) is 73.8 cm³/mol. The van der Waals surface area contributed by atoms with Crippen LogP contribution in [-0.4, -0.2) is 21.8 Å². The average Bonchev–Trinajstić information content (AvgIpc) is 3.01. The second-order valence-electron chi connectivity index (χ2n) is 4.40. The smallest absolute Gasteiger partial charge is 0.232 e. The van der Waals surface area contributed by atoms with Crippen molar-refractivity contribution in [3.05, 3.63) is 22.4 Å². The molecule has 0 saturated heterocycles. The summed E-state index contributed by atoms with van der Waals surface area (Å²) in [4.78, 5) is 15.7. The number of hydrogen-bond donors (Lipinski definition) is 1. The van der Waals surface area contributed by atoms with Crippen LogP contribution in [0.3, 0.4) is 0 Å². The first-order valence-electron chi connectivity index (χ1n) is 5.71. The van der Waals surface area contributed by atoms with Gasteiger partial charge in [0.15, 0.2) is 0 Å². The van der Waals surface area contributed by atoms with Crippen molar-refractivity contribution >= 4 is 34.5 Å². The summed E-state index contributed by atoms with van der Waals surface area (Å²) >= 11 is 6.58. The van der Waals surface area contributed by atoms with E-state index in [4.69, 9.17) is 18.0 Å². The molecule has 2 rings (SSSR count). The summed E-state index contributed by atoms with van der Waals surface area (Å²) in [6.45, 7) is 2.47. The van der Waals surface area contributed by atoms with Crippen LogP contribution >= 0.6 is 23.6 Å². The number of carbonyl (C=O) groups is 1. The maximum Gasteiger partial charge on any atom is 0.232 e. The molecule has 0 aromatic carbocycles. The van der Waals surface area contributed by atoms with E-state index in [0.717, 1.165) is 12.8 Å². The monoisotopic (exact) mass is 268 g/mol. The molecule has 17 heavy (non-hydrogen) atoms. The molecule has 0 bridgehead atoms. The summed E-state index contributed by atoms with van der Waals surface area (Å²) in [7, 11) is 0. The minimum Gasteiger partial charge on any atom is -0.393 e. The highest BCUT2D eigenvalue weighted by Gasteiger charge is 2.35. The van der Waals surface area contributed by atoms with Crippen molar-refractivity contribution in [3.63, 3.8) is 0 Å². The predicted octanol–water partition coefficient (Wildman–Crippen LogP) is 2.16. The molecule has 1 aromatic heterocycles. The van der Waals surface area contributed by atoms with Gasteiger partial charge in [-0.25, -0.2) is 0 Å². The molecule has 5 heteroatoms. The Bertz CT molecular complexity index is 412. The van der Waals surface area contributed by atoms with E-state index in [0.29, 0.717) is 12.6 Å². The maximum absolute atomic E-state index is 12.3. The van der Waals surface area contributed by atoms with Gasteiger partial charge >= 0.3 is 0 Å². The highest BCUT2D eigenvalue weighted by molar-refractivity contribution is 7.80. The molecule has 92 valence electrons. The fourth-order valence-electron chi connectivity index (χ4n) is 1.71. The van der Waals surface area contributed by atoms with Gasteiger partial charge in [0, 0.05) is 10.9 Å². The summed E-state index contributed by atoms with van der Waals surface area (Å²) in [5.74, 6) is -0.293.